The maximum absolute atomic E-state index is 11.9. The number of nitrogens with one attached hydrogen (secondary N) is 2. The number of amidine groups is 1. The van der Waals surface area contributed by atoms with E-state index in [0.29, 0.717) is 11.6 Å². The maximum Gasteiger partial charge on any atom is 0.324 e. The van der Waals surface area contributed by atoms with E-state index in [1.54, 1.807) is 11.8 Å². The number of urea groups is 1. The van der Waals surface area contributed by atoms with E-state index in [-0.39, 0.29) is 6.03 Å². The Hall–Kier alpha value is -2.27. The highest BCUT2D eigenvalue weighted by molar-refractivity contribution is 8.00. The van der Waals surface area contributed by atoms with Crippen LogP contribution in [-0.2, 0) is 0 Å². The molecule has 0 saturated carbocycles. The summed E-state index contributed by atoms with van der Waals surface area (Å²) in [5, 5.41) is 5.56. The second-order valence-corrected chi connectivity index (χ2v) is 5.28. The molecule has 2 amide bonds. The van der Waals surface area contributed by atoms with Gasteiger partial charge in [-0.3, -0.25) is 5.32 Å². The van der Waals surface area contributed by atoms with Gasteiger partial charge in [0.2, 0.25) is 0 Å². The van der Waals surface area contributed by atoms with Crippen molar-refractivity contribution in [3.63, 3.8) is 0 Å². The molecule has 2 N–H and O–H groups in total. The van der Waals surface area contributed by atoms with Crippen molar-refractivity contribution in [3.8, 4) is 0 Å². The van der Waals surface area contributed by atoms with Crippen molar-refractivity contribution in [1.29, 1.82) is 0 Å². The number of anilines is 1. The summed E-state index contributed by atoms with van der Waals surface area (Å²) in [6, 6.07) is 17.0. The van der Waals surface area contributed by atoms with E-state index in [0.717, 1.165) is 16.3 Å². The van der Waals surface area contributed by atoms with E-state index >= 15 is 0 Å². The highest BCUT2D eigenvalue weighted by Crippen LogP contribution is 2.32. The van der Waals surface area contributed by atoms with Crippen LogP contribution in [0.3, 0.4) is 0 Å². The predicted octanol–water partition coefficient (Wildman–Crippen LogP) is 3.64. The van der Waals surface area contributed by atoms with Crippen LogP contribution in [0.1, 0.15) is 0 Å². The molecule has 5 heteroatoms. The number of hydrogen-bond acceptors (Lipinski definition) is 3. The Balaban J connectivity index is 1.67. The summed E-state index contributed by atoms with van der Waals surface area (Å²) in [6.45, 7) is 0. The van der Waals surface area contributed by atoms with Crippen molar-refractivity contribution < 1.29 is 4.79 Å². The number of rotatable bonds is 1. The molecule has 3 rings (SSSR count). The maximum atomic E-state index is 11.9. The summed E-state index contributed by atoms with van der Waals surface area (Å²) < 4.78 is 0. The molecule has 0 spiro atoms. The van der Waals surface area contributed by atoms with Crippen molar-refractivity contribution in [3.05, 3.63) is 54.6 Å². The van der Waals surface area contributed by atoms with E-state index in [9.17, 15) is 4.79 Å². The van der Waals surface area contributed by atoms with Crippen LogP contribution in [-0.4, -0.2) is 17.6 Å². The lowest BCUT2D eigenvalue weighted by atomic mass is 10.3. The normalized spacial score (nSPS) is 13.1. The summed E-state index contributed by atoms with van der Waals surface area (Å²) >= 11 is 1.67. The van der Waals surface area contributed by atoms with Gasteiger partial charge in [-0.2, -0.15) is 0 Å². The van der Waals surface area contributed by atoms with Crippen molar-refractivity contribution in [1.82, 2.24) is 5.32 Å². The topological polar surface area (TPSA) is 53.5 Å². The molecule has 2 aromatic carbocycles. The second-order valence-electron chi connectivity index (χ2n) is 4.26. The predicted molar refractivity (Wildman–Crippen MR) is 82.9 cm³/mol. The summed E-state index contributed by atoms with van der Waals surface area (Å²) in [5.41, 5.74) is 1.66. The van der Waals surface area contributed by atoms with Crippen molar-refractivity contribution in [2.24, 2.45) is 4.99 Å². The molecule has 1 heterocycles. The number of amides is 2. The van der Waals surface area contributed by atoms with Gasteiger partial charge in [0.1, 0.15) is 5.84 Å². The molecule has 0 bridgehead atoms. The minimum Gasteiger partial charge on any atom is -0.308 e. The molecule has 1 aliphatic rings. The van der Waals surface area contributed by atoms with E-state index in [4.69, 9.17) is 0 Å². The highest BCUT2D eigenvalue weighted by atomic mass is 32.2. The van der Waals surface area contributed by atoms with E-state index in [1.807, 2.05) is 54.6 Å². The zero-order chi connectivity index (χ0) is 13.8. The number of thioether (sulfide) groups is 1. The first kappa shape index (κ1) is 12.7. The standard InChI is InChI=1S/C15H13N3OS/c19-15(16-11-6-2-1-3-7-11)18-14-10-20-13-9-5-4-8-12(13)17-14/h1-9H,10H2,(H2,16,17,18,19). The highest BCUT2D eigenvalue weighted by Gasteiger charge is 2.13. The number of fused-ring (bicyclic) bond motifs is 1. The third kappa shape index (κ3) is 3.00. The molecule has 0 atom stereocenters. The number of carbonyl (C=O) groups excluding carboxylic acids is 1. The molecule has 1 aliphatic heterocycles. The Bertz CT molecular complexity index is 655. The minimum atomic E-state index is -0.269. The second kappa shape index (κ2) is 5.79. The molecular weight excluding hydrogens is 270 g/mol. The fraction of sp³-hybridized carbons (Fsp3) is 0.0667. The van der Waals surface area contributed by atoms with Gasteiger partial charge in [0.25, 0.3) is 0 Å². The lowest BCUT2D eigenvalue weighted by Crippen LogP contribution is -2.36. The van der Waals surface area contributed by atoms with Crippen molar-refractivity contribution in [2.45, 2.75) is 4.90 Å². The van der Waals surface area contributed by atoms with Gasteiger partial charge in [0.15, 0.2) is 0 Å². The van der Waals surface area contributed by atoms with Gasteiger partial charge in [0.05, 0.1) is 11.4 Å². The van der Waals surface area contributed by atoms with Crippen LogP contribution in [0.5, 0.6) is 0 Å². The van der Waals surface area contributed by atoms with E-state index in [2.05, 4.69) is 15.6 Å². The zero-order valence-corrected chi connectivity index (χ0v) is 11.5. The van der Waals surface area contributed by atoms with Crippen LogP contribution in [0, 0.1) is 0 Å². The molecule has 100 valence electrons. The average molecular weight is 283 g/mol. The van der Waals surface area contributed by atoms with Gasteiger partial charge in [-0.15, -0.1) is 11.8 Å². The summed E-state index contributed by atoms with van der Waals surface area (Å²) in [5.74, 6) is 1.33. The number of hydrogen-bond donors (Lipinski definition) is 2. The van der Waals surface area contributed by atoms with Gasteiger partial charge in [-0.25, -0.2) is 9.79 Å². The third-order valence-corrected chi connectivity index (χ3v) is 3.85. The van der Waals surface area contributed by atoms with Crippen LogP contribution in [0.4, 0.5) is 16.2 Å². The van der Waals surface area contributed by atoms with Crippen LogP contribution < -0.4 is 10.6 Å². The van der Waals surface area contributed by atoms with E-state index < -0.39 is 0 Å². The Morgan fingerprint density at radius 1 is 1.00 bits per heavy atom. The lowest BCUT2D eigenvalue weighted by Gasteiger charge is -2.15. The largest absolute Gasteiger partial charge is 0.324 e. The Morgan fingerprint density at radius 2 is 1.75 bits per heavy atom. The number of benzene rings is 2. The first-order valence-corrected chi connectivity index (χ1v) is 7.22. The summed E-state index contributed by atoms with van der Waals surface area (Å²) in [7, 11) is 0. The average Bonchev–Trinajstić information content (AvgIpc) is 2.48. The molecule has 0 aromatic heterocycles. The van der Waals surface area contributed by atoms with E-state index in [1.165, 1.54) is 0 Å². The van der Waals surface area contributed by atoms with Crippen LogP contribution in [0.2, 0.25) is 0 Å². The van der Waals surface area contributed by atoms with Crippen LogP contribution in [0.25, 0.3) is 0 Å². The van der Waals surface area contributed by atoms with Gasteiger partial charge in [0, 0.05) is 10.6 Å². The van der Waals surface area contributed by atoms with Gasteiger partial charge < -0.3 is 5.32 Å². The molecule has 0 saturated heterocycles. The molecule has 0 radical (unpaired) electrons. The molecule has 0 unspecified atom stereocenters. The first-order valence-electron chi connectivity index (χ1n) is 6.24. The van der Waals surface area contributed by atoms with Crippen molar-refractivity contribution in [2.75, 3.05) is 11.1 Å². The fourth-order valence-electron chi connectivity index (χ4n) is 1.87. The molecular formula is C15H13N3OS. The molecule has 2 aromatic rings. The summed E-state index contributed by atoms with van der Waals surface area (Å²) in [4.78, 5) is 17.5. The SMILES string of the molecule is O=C(NC1=Nc2ccccc2SC1)Nc1ccccc1. The number of para-hydroxylation sites is 2. The minimum absolute atomic E-state index is 0.269. The third-order valence-electron chi connectivity index (χ3n) is 2.77. The lowest BCUT2D eigenvalue weighted by molar-refractivity contribution is 0.256. The van der Waals surface area contributed by atoms with Gasteiger partial charge in [-0.1, -0.05) is 30.3 Å². The smallest absolute Gasteiger partial charge is 0.308 e. The molecule has 20 heavy (non-hydrogen) atoms. The zero-order valence-electron chi connectivity index (χ0n) is 10.7. The number of nitrogens with zero attached hydrogens (tertiary/aromatic N) is 1. The number of aliphatic imine (C=N–C) groups is 1. The van der Waals surface area contributed by atoms with Crippen molar-refractivity contribution >= 4 is 35.0 Å². The molecule has 4 nitrogen and oxygen atoms in total. The van der Waals surface area contributed by atoms with Gasteiger partial charge >= 0.3 is 6.03 Å². The molecule has 0 fully saturated rings. The van der Waals surface area contributed by atoms with Crippen LogP contribution >= 0.6 is 11.8 Å². The molecule has 0 aliphatic carbocycles. The van der Waals surface area contributed by atoms with Crippen LogP contribution in [0.15, 0.2) is 64.5 Å². The fourth-order valence-corrected chi connectivity index (χ4v) is 2.74. The monoisotopic (exact) mass is 283 g/mol. The summed E-state index contributed by atoms with van der Waals surface area (Å²) in [6.07, 6.45) is 0. The first-order chi connectivity index (χ1) is 9.81. The quantitative estimate of drug-likeness (QED) is 0.839. The van der Waals surface area contributed by atoms with Gasteiger partial charge in [-0.05, 0) is 24.3 Å². The Labute approximate surface area is 121 Å². The Kier molecular flexibility index (Phi) is 3.69. The number of carbonyl (C=O) groups is 1. The Morgan fingerprint density at radius 3 is 2.60 bits per heavy atom.